The van der Waals surface area contributed by atoms with E-state index in [1.165, 1.54) is 15.6 Å². The molecule has 0 atom stereocenters. The highest BCUT2D eigenvalue weighted by Crippen LogP contribution is 2.30. The lowest BCUT2D eigenvalue weighted by molar-refractivity contribution is 0.255. The van der Waals surface area contributed by atoms with E-state index >= 15 is 0 Å². The van der Waals surface area contributed by atoms with Crippen LogP contribution in [-0.2, 0) is 6.42 Å². The fourth-order valence-electron chi connectivity index (χ4n) is 4.19. The van der Waals surface area contributed by atoms with Gasteiger partial charge in [-0.1, -0.05) is 24.3 Å². The van der Waals surface area contributed by atoms with Gasteiger partial charge in [-0.2, -0.15) is 4.37 Å². The smallest absolute Gasteiger partial charge is 0.211 e. The summed E-state index contributed by atoms with van der Waals surface area (Å²) >= 11 is 1.60. The van der Waals surface area contributed by atoms with Crippen molar-refractivity contribution in [2.24, 2.45) is 0 Å². The molecule has 0 aliphatic carbocycles. The van der Waals surface area contributed by atoms with Crippen LogP contribution in [0.5, 0.6) is 0 Å². The van der Waals surface area contributed by atoms with E-state index in [4.69, 9.17) is 10.9 Å². The zero-order valence-corrected chi connectivity index (χ0v) is 17.1. The van der Waals surface area contributed by atoms with Gasteiger partial charge in [0.1, 0.15) is 5.82 Å². The third-order valence-corrected chi connectivity index (χ3v) is 6.63. The van der Waals surface area contributed by atoms with Crippen molar-refractivity contribution in [3.05, 3.63) is 65.6 Å². The van der Waals surface area contributed by atoms with Crippen LogP contribution in [0, 0.1) is 6.57 Å². The molecule has 0 saturated carbocycles. The summed E-state index contributed by atoms with van der Waals surface area (Å²) in [6.07, 6.45) is 3.99. The Morgan fingerprint density at radius 2 is 1.93 bits per heavy atom. The second kappa shape index (κ2) is 7.86. The molecule has 4 aromatic rings. The van der Waals surface area contributed by atoms with Gasteiger partial charge < -0.3 is 9.88 Å². The van der Waals surface area contributed by atoms with Crippen LogP contribution in [0.15, 0.2) is 48.7 Å². The molecule has 2 aromatic carbocycles. The Hall–Kier alpha value is -2.88. The van der Waals surface area contributed by atoms with Crippen LogP contribution in [0.25, 0.3) is 25.8 Å². The number of H-pyrrole nitrogens is 1. The highest BCUT2D eigenvalue weighted by Gasteiger charge is 2.20. The van der Waals surface area contributed by atoms with Crippen LogP contribution in [0.3, 0.4) is 0 Å². The van der Waals surface area contributed by atoms with Gasteiger partial charge in [-0.15, -0.1) is 0 Å². The number of anilines is 1. The highest BCUT2D eigenvalue weighted by molar-refractivity contribution is 7.13. The predicted molar refractivity (Wildman–Crippen MR) is 121 cm³/mol. The Morgan fingerprint density at radius 3 is 2.79 bits per heavy atom. The largest absolute Gasteiger partial charge is 0.372 e. The number of hydrogen-bond donors (Lipinski definition) is 1. The minimum Gasteiger partial charge on any atom is -0.372 e. The van der Waals surface area contributed by atoms with E-state index < -0.39 is 0 Å². The fourth-order valence-corrected chi connectivity index (χ4v) is 4.99. The molecule has 3 heterocycles. The van der Waals surface area contributed by atoms with Crippen LogP contribution in [0.4, 0.5) is 11.5 Å². The zero-order chi connectivity index (χ0) is 19.6. The Balaban J connectivity index is 1.15. The second-order valence-corrected chi connectivity index (χ2v) is 8.41. The van der Waals surface area contributed by atoms with E-state index in [2.05, 4.69) is 62.1 Å². The molecule has 0 bridgehead atoms. The number of hydrogen-bond acceptors (Lipinski definition) is 4. The summed E-state index contributed by atoms with van der Waals surface area (Å²) in [7, 11) is 0. The molecule has 6 heteroatoms. The number of aromatic amines is 1. The summed E-state index contributed by atoms with van der Waals surface area (Å²) in [5.74, 6) is 1.15. The summed E-state index contributed by atoms with van der Waals surface area (Å²) < 4.78 is 5.98. The number of aryl methyl sites for hydroxylation is 1. The third kappa shape index (κ3) is 3.59. The maximum absolute atomic E-state index is 7.29. The summed E-state index contributed by atoms with van der Waals surface area (Å²) in [6.45, 7) is 12.7. The SMILES string of the molecule is [C-]#[N+]c1c[nH]c2ccc(CCCN3CCN(c4nsc5ccccc45)CC3)cc12. The maximum atomic E-state index is 7.29. The van der Waals surface area contributed by atoms with Crippen LogP contribution >= 0.6 is 11.5 Å². The predicted octanol–water partition coefficient (Wildman–Crippen LogP) is 5.08. The van der Waals surface area contributed by atoms with Gasteiger partial charge in [-0.25, -0.2) is 4.85 Å². The lowest BCUT2D eigenvalue weighted by Crippen LogP contribution is -2.46. The number of fused-ring (bicyclic) bond motifs is 2. The molecule has 1 N–H and O–H groups in total. The minimum absolute atomic E-state index is 0.715. The molecule has 5 nitrogen and oxygen atoms in total. The number of nitrogens with zero attached hydrogens (tertiary/aromatic N) is 4. The van der Waals surface area contributed by atoms with Crippen molar-refractivity contribution in [3.63, 3.8) is 0 Å². The van der Waals surface area contributed by atoms with Gasteiger partial charge in [-0.3, -0.25) is 4.90 Å². The zero-order valence-electron chi connectivity index (χ0n) is 16.3. The van der Waals surface area contributed by atoms with Crippen LogP contribution < -0.4 is 4.90 Å². The lowest BCUT2D eigenvalue weighted by Gasteiger charge is -2.35. The van der Waals surface area contributed by atoms with Gasteiger partial charge in [0.2, 0.25) is 5.69 Å². The Morgan fingerprint density at radius 1 is 1.07 bits per heavy atom. The van der Waals surface area contributed by atoms with E-state index in [0.717, 1.165) is 62.3 Å². The first-order chi connectivity index (χ1) is 14.3. The summed E-state index contributed by atoms with van der Waals surface area (Å²) in [5.41, 5.74) is 3.08. The van der Waals surface area contributed by atoms with E-state index in [0.29, 0.717) is 5.69 Å². The molecule has 146 valence electrons. The quantitative estimate of drug-likeness (QED) is 0.474. The van der Waals surface area contributed by atoms with Crippen molar-refractivity contribution in [2.45, 2.75) is 12.8 Å². The van der Waals surface area contributed by atoms with E-state index in [9.17, 15) is 0 Å². The average molecular weight is 402 g/mol. The van der Waals surface area contributed by atoms with Crippen LogP contribution in [-0.4, -0.2) is 47.0 Å². The fraction of sp³-hybridized carbons (Fsp3) is 0.304. The molecule has 0 radical (unpaired) electrons. The van der Waals surface area contributed by atoms with Gasteiger partial charge in [-0.05, 0) is 54.7 Å². The first-order valence-corrected chi connectivity index (χ1v) is 10.9. The monoisotopic (exact) mass is 401 g/mol. The van der Waals surface area contributed by atoms with Crippen molar-refractivity contribution in [2.75, 3.05) is 37.6 Å². The molecule has 0 amide bonds. The van der Waals surface area contributed by atoms with E-state index in [-0.39, 0.29) is 0 Å². The molecule has 29 heavy (non-hydrogen) atoms. The second-order valence-electron chi connectivity index (χ2n) is 7.60. The first-order valence-electron chi connectivity index (χ1n) is 10.1. The van der Waals surface area contributed by atoms with Gasteiger partial charge in [0, 0.05) is 48.7 Å². The van der Waals surface area contributed by atoms with Crippen molar-refractivity contribution < 1.29 is 0 Å². The Labute approximate surface area is 174 Å². The topological polar surface area (TPSA) is 39.5 Å². The molecule has 0 spiro atoms. The van der Waals surface area contributed by atoms with Crippen LogP contribution in [0.1, 0.15) is 12.0 Å². The molecule has 1 aliphatic rings. The van der Waals surface area contributed by atoms with Crippen molar-refractivity contribution in [1.82, 2.24) is 14.3 Å². The number of benzene rings is 2. The summed E-state index contributed by atoms with van der Waals surface area (Å²) in [6, 6.07) is 15.0. The molecule has 1 aliphatic heterocycles. The molecule has 2 aromatic heterocycles. The maximum Gasteiger partial charge on any atom is 0.211 e. The number of rotatable bonds is 5. The minimum atomic E-state index is 0.715. The van der Waals surface area contributed by atoms with Crippen LogP contribution in [0.2, 0.25) is 0 Å². The van der Waals surface area contributed by atoms with Gasteiger partial charge >= 0.3 is 0 Å². The van der Waals surface area contributed by atoms with E-state index in [1.807, 2.05) is 0 Å². The standard InChI is InChI=1S/C23H23N5S/c1-24-21-16-25-20-9-8-17(15-19(20)21)5-4-10-27-11-13-28(14-12-27)23-18-6-2-3-7-22(18)29-26-23/h2-3,6-9,15-16,25H,4-5,10-14H2. The highest BCUT2D eigenvalue weighted by atomic mass is 32.1. The molecule has 1 fully saturated rings. The molecular formula is C23H23N5S. The molecule has 1 saturated heterocycles. The van der Waals surface area contributed by atoms with Gasteiger partial charge in [0.15, 0.2) is 0 Å². The van der Waals surface area contributed by atoms with Crippen molar-refractivity contribution >= 4 is 44.0 Å². The summed E-state index contributed by atoms with van der Waals surface area (Å²) in [4.78, 5) is 11.8. The average Bonchev–Trinajstić information content (AvgIpc) is 3.38. The molecular weight excluding hydrogens is 378 g/mol. The van der Waals surface area contributed by atoms with Gasteiger partial charge in [0.05, 0.1) is 11.3 Å². The molecule has 0 unspecified atom stereocenters. The number of piperazine rings is 1. The third-order valence-electron chi connectivity index (χ3n) is 5.81. The number of nitrogens with one attached hydrogen (secondary N) is 1. The molecule has 5 rings (SSSR count). The number of aromatic nitrogens is 2. The van der Waals surface area contributed by atoms with Gasteiger partial charge in [0.25, 0.3) is 0 Å². The summed E-state index contributed by atoms with van der Waals surface area (Å²) in [5, 5.41) is 2.33. The van der Waals surface area contributed by atoms with Crippen molar-refractivity contribution in [3.8, 4) is 0 Å². The van der Waals surface area contributed by atoms with Crippen molar-refractivity contribution in [1.29, 1.82) is 0 Å². The Kier molecular flexibility index (Phi) is 4.92. The lowest BCUT2D eigenvalue weighted by atomic mass is 10.1. The Bertz CT molecular complexity index is 1180. The first kappa shape index (κ1) is 18.2. The normalized spacial score (nSPS) is 15.2. The van der Waals surface area contributed by atoms with E-state index in [1.54, 1.807) is 17.7 Å².